The molecule has 0 bridgehead atoms. The summed E-state index contributed by atoms with van der Waals surface area (Å²) in [6, 6.07) is 8.81. The van der Waals surface area contributed by atoms with E-state index in [1.54, 1.807) is 12.1 Å². The number of aromatic hydroxyl groups is 2. The molecule has 2 aromatic rings. The second-order valence-electron chi connectivity index (χ2n) is 15.4. The summed E-state index contributed by atoms with van der Waals surface area (Å²) in [5.41, 5.74) is 0.960. The van der Waals surface area contributed by atoms with E-state index in [0.717, 1.165) is 77.0 Å². The zero-order valence-corrected chi connectivity index (χ0v) is 39.7. The van der Waals surface area contributed by atoms with Gasteiger partial charge >= 0.3 is 11.9 Å². The van der Waals surface area contributed by atoms with E-state index in [1.807, 2.05) is 12.2 Å². The summed E-state index contributed by atoms with van der Waals surface area (Å²) in [5, 5.41) is 20.8. The van der Waals surface area contributed by atoms with Crippen LogP contribution in [-0.2, 0) is 19.2 Å². The van der Waals surface area contributed by atoms with Crippen molar-refractivity contribution >= 4 is 35.7 Å². The summed E-state index contributed by atoms with van der Waals surface area (Å²) in [4.78, 5) is 49.7. The van der Waals surface area contributed by atoms with Crippen molar-refractivity contribution in [2.24, 2.45) is 0 Å². The first kappa shape index (κ1) is 56.3. The fourth-order valence-electron chi connectivity index (χ4n) is 5.93. The van der Waals surface area contributed by atoms with Crippen LogP contribution in [0.1, 0.15) is 134 Å². The molecule has 0 fully saturated rings. The fourth-order valence-corrected chi connectivity index (χ4v) is 5.93. The number of ether oxygens (including phenoxy) is 2. The molecule has 356 valence electrons. The van der Waals surface area contributed by atoms with Gasteiger partial charge in [-0.25, -0.2) is 0 Å². The van der Waals surface area contributed by atoms with Gasteiger partial charge in [0.2, 0.25) is 0 Å². The molecule has 0 amide bonds. The molecule has 0 unspecified atom stereocenters. The minimum Gasteiger partial charge on any atom is -0.504 e. The number of hydrogen-bond donors (Lipinski definition) is 2. The first-order valence-electron chi connectivity index (χ1n) is 23.7. The van der Waals surface area contributed by atoms with Gasteiger partial charge in [-0.3, -0.25) is 19.2 Å². The van der Waals surface area contributed by atoms with Crippen molar-refractivity contribution in [3.8, 4) is 23.0 Å². The number of allylic oxidation sites excluding steroid dienone is 22. The Morgan fingerprint density at radius 3 is 1.03 bits per heavy atom. The monoisotopic (exact) mass is 909 g/mol. The molecule has 0 atom stereocenters. The molecule has 0 saturated carbocycles. The maximum atomic E-state index is 12.5. The van der Waals surface area contributed by atoms with Gasteiger partial charge in [-0.2, -0.15) is 0 Å². The van der Waals surface area contributed by atoms with Gasteiger partial charge < -0.3 is 19.7 Å². The number of carbonyl (C=O) groups excluding carboxylic acids is 4. The van der Waals surface area contributed by atoms with Crippen molar-refractivity contribution in [3.63, 3.8) is 0 Å². The first-order chi connectivity index (χ1) is 32.7. The minimum absolute atomic E-state index is 0.0222. The molecule has 8 heteroatoms. The lowest BCUT2D eigenvalue weighted by molar-refractivity contribution is -0.135. The van der Waals surface area contributed by atoms with Crippen LogP contribution in [0.5, 0.6) is 23.0 Å². The number of phenols is 2. The van der Waals surface area contributed by atoms with Crippen LogP contribution in [0.3, 0.4) is 0 Å². The van der Waals surface area contributed by atoms with Crippen molar-refractivity contribution in [1.82, 2.24) is 0 Å². The Kier molecular flexibility index (Phi) is 32.3. The predicted molar refractivity (Wildman–Crippen MR) is 277 cm³/mol. The standard InChI is InChI=1S/C59H72O8/c1-3-5-7-9-11-13-15-17-19-21-23-25-27-29-31-33-35-37-58(64)66-56-45-41-50(47-54(56)62)39-43-52(60)49-53(61)44-40-51-42-46-57(55(63)48-51)67-59(65)38-36-34-32-30-28-26-24-22-20-18-16-14-12-10-8-6-4-2/h5-8,11-14,17-20,23-26,29-32,39-48,62-63H,3-4,9-10,15-16,21-22,27-28,33-38,49H2,1-2H3. The Morgan fingerprint density at radius 1 is 0.433 bits per heavy atom. The van der Waals surface area contributed by atoms with Gasteiger partial charge in [0.1, 0.15) is 0 Å². The summed E-state index contributed by atoms with van der Waals surface area (Å²) in [7, 11) is 0. The Balaban J connectivity index is 1.63. The molecule has 0 saturated heterocycles. The maximum absolute atomic E-state index is 12.5. The second-order valence-corrected chi connectivity index (χ2v) is 15.4. The Morgan fingerprint density at radius 2 is 0.731 bits per heavy atom. The number of ketones is 2. The van der Waals surface area contributed by atoms with Gasteiger partial charge in [0.05, 0.1) is 6.42 Å². The molecular weight excluding hydrogens is 837 g/mol. The Bertz CT molecular complexity index is 2000. The van der Waals surface area contributed by atoms with Gasteiger partial charge in [0.25, 0.3) is 0 Å². The summed E-state index contributed by atoms with van der Waals surface area (Å²) >= 11 is 0. The van der Waals surface area contributed by atoms with Crippen molar-refractivity contribution in [2.45, 2.75) is 123 Å². The molecule has 0 radical (unpaired) electrons. The first-order valence-corrected chi connectivity index (χ1v) is 23.7. The van der Waals surface area contributed by atoms with Crippen LogP contribution in [0.15, 0.2) is 170 Å². The van der Waals surface area contributed by atoms with Crippen molar-refractivity contribution in [3.05, 3.63) is 181 Å². The largest absolute Gasteiger partial charge is 0.504 e. The molecule has 0 aliphatic heterocycles. The van der Waals surface area contributed by atoms with E-state index < -0.39 is 29.9 Å². The highest BCUT2D eigenvalue weighted by atomic mass is 16.5. The van der Waals surface area contributed by atoms with Crippen LogP contribution in [0, 0.1) is 0 Å². The van der Waals surface area contributed by atoms with Crippen molar-refractivity contribution < 1.29 is 38.9 Å². The summed E-state index contributed by atoms with van der Waals surface area (Å²) in [6.45, 7) is 4.26. The van der Waals surface area contributed by atoms with E-state index in [-0.39, 0.29) is 35.8 Å². The summed E-state index contributed by atoms with van der Waals surface area (Å²) in [6.07, 6.45) is 60.3. The lowest BCUT2D eigenvalue weighted by atomic mass is 10.1. The third-order valence-corrected chi connectivity index (χ3v) is 9.50. The fraction of sp³-hybridized carbons (Fsp3) is 0.322. The van der Waals surface area contributed by atoms with Crippen LogP contribution < -0.4 is 9.47 Å². The molecule has 0 aromatic heterocycles. The molecule has 2 N–H and O–H groups in total. The SMILES string of the molecule is CCC=CCC=CCC=CCC=CCC=CCCCC(=O)Oc1ccc(C=CC(=O)CC(=O)C=Cc2ccc(OC(=O)CCCC=CCC=CCC=CCC=CCC=CCC)c(O)c2)cc1O. The molecule has 0 aliphatic carbocycles. The van der Waals surface area contributed by atoms with Gasteiger partial charge in [-0.15, -0.1) is 0 Å². The number of unbranched alkanes of at least 4 members (excludes halogenated alkanes) is 2. The van der Waals surface area contributed by atoms with Gasteiger partial charge in [0, 0.05) is 12.8 Å². The number of rotatable bonds is 34. The summed E-state index contributed by atoms with van der Waals surface area (Å²) < 4.78 is 10.7. The quantitative estimate of drug-likeness (QED) is 0.0177. The van der Waals surface area contributed by atoms with E-state index in [1.165, 1.54) is 48.6 Å². The van der Waals surface area contributed by atoms with E-state index in [4.69, 9.17) is 9.47 Å². The molecule has 0 spiro atoms. The smallest absolute Gasteiger partial charge is 0.311 e. The number of hydrogen-bond acceptors (Lipinski definition) is 8. The van der Waals surface area contributed by atoms with E-state index >= 15 is 0 Å². The number of carbonyl (C=O) groups is 4. The van der Waals surface area contributed by atoms with Crippen molar-refractivity contribution in [1.29, 1.82) is 0 Å². The van der Waals surface area contributed by atoms with Crippen LogP contribution in [0.25, 0.3) is 12.2 Å². The molecule has 67 heavy (non-hydrogen) atoms. The Hall–Kier alpha value is -6.80. The lowest BCUT2D eigenvalue weighted by Gasteiger charge is -2.07. The lowest BCUT2D eigenvalue weighted by Crippen LogP contribution is -2.07. The number of benzene rings is 2. The van der Waals surface area contributed by atoms with Gasteiger partial charge in [-0.05, 0) is 137 Å². The average Bonchev–Trinajstić information content (AvgIpc) is 3.31. The minimum atomic E-state index is -0.457. The van der Waals surface area contributed by atoms with Crippen LogP contribution >= 0.6 is 0 Å². The van der Waals surface area contributed by atoms with E-state index in [2.05, 4.69) is 123 Å². The highest BCUT2D eigenvalue weighted by Gasteiger charge is 2.11. The zero-order chi connectivity index (χ0) is 48.4. The molecule has 2 rings (SSSR count). The second kappa shape index (κ2) is 38.5. The normalized spacial score (nSPS) is 12.7. The van der Waals surface area contributed by atoms with Gasteiger partial charge in [0.15, 0.2) is 34.6 Å². The third kappa shape index (κ3) is 30.9. The van der Waals surface area contributed by atoms with Crippen LogP contribution in [0.2, 0.25) is 0 Å². The van der Waals surface area contributed by atoms with E-state index in [0.29, 0.717) is 24.0 Å². The molecule has 0 heterocycles. The van der Waals surface area contributed by atoms with Crippen molar-refractivity contribution in [2.75, 3.05) is 0 Å². The third-order valence-electron chi connectivity index (χ3n) is 9.50. The number of phenolic OH excluding ortho intramolecular Hbond substituents is 2. The molecular formula is C59H72O8. The summed E-state index contributed by atoms with van der Waals surface area (Å²) in [5.74, 6) is -2.28. The number of esters is 2. The highest BCUT2D eigenvalue weighted by molar-refractivity contribution is 6.10. The molecule has 2 aromatic carbocycles. The van der Waals surface area contributed by atoms with Crippen LogP contribution in [-0.4, -0.2) is 33.7 Å². The van der Waals surface area contributed by atoms with E-state index in [9.17, 15) is 29.4 Å². The Labute approximate surface area is 400 Å². The molecule has 0 aliphatic rings. The maximum Gasteiger partial charge on any atom is 0.311 e. The predicted octanol–water partition coefficient (Wildman–Crippen LogP) is 15.0. The average molecular weight is 909 g/mol. The van der Waals surface area contributed by atoms with Gasteiger partial charge in [-0.1, -0.05) is 160 Å². The highest BCUT2D eigenvalue weighted by Crippen LogP contribution is 2.29. The topological polar surface area (TPSA) is 127 Å². The van der Waals surface area contributed by atoms with Crippen LogP contribution in [0.4, 0.5) is 0 Å². The molecule has 8 nitrogen and oxygen atoms in total. The zero-order valence-electron chi connectivity index (χ0n) is 39.7.